The van der Waals surface area contributed by atoms with Crippen molar-refractivity contribution in [3.05, 3.63) is 99.5 Å². The molecule has 2 aromatic heterocycles. The molecular formula is C25H24N4O4. The summed E-state index contributed by atoms with van der Waals surface area (Å²) in [6, 6.07) is 16.4. The summed E-state index contributed by atoms with van der Waals surface area (Å²) in [6.07, 6.45) is 3.69. The topological polar surface area (TPSA) is 95.2 Å². The Balaban J connectivity index is 1.86. The van der Waals surface area contributed by atoms with Crippen molar-refractivity contribution >= 4 is 16.8 Å². The number of benzene rings is 2. The summed E-state index contributed by atoms with van der Waals surface area (Å²) in [5.74, 6) is 0.198. The number of ether oxygens (including phenoxy) is 1. The molecule has 0 spiro atoms. The van der Waals surface area contributed by atoms with Gasteiger partial charge in [-0.05, 0) is 42.3 Å². The number of carbonyl (C=O) groups is 1. The Morgan fingerprint density at radius 2 is 1.91 bits per heavy atom. The molecule has 1 N–H and O–H groups in total. The second-order valence-electron chi connectivity index (χ2n) is 7.51. The van der Waals surface area contributed by atoms with Gasteiger partial charge in [0.15, 0.2) is 0 Å². The van der Waals surface area contributed by atoms with Crippen LogP contribution in [0.4, 0.5) is 0 Å². The lowest BCUT2D eigenvalue weighted by atomic mass is 10.1. The summed E-state index contributed by atoms with van der Waals surface area (Å²) in [4.78, 5) is 44.2. The molecule has 0 radical (unpaired) electrons. The Morgan fingerprint density at radius 1 is 1.09 bits per heavy atom. The van der Waals surface area contributed by atoms with Crippen LogP contribution in [-0.4, -0.2) is 27.1 Å². The van der Waals surface area contributed by atoms with Gasteiger partial charge in [-0.15, -0.1) is 0 Å². The van der Waals surface area contributed by atoms with Gasteiger partial charge in [0.2, 0.25) is 5.91 Å². The first-order chi connectivity index (χ1) is 16.0. The van der Waals surface area contributed by atoms with Gasteiger partial charge in [0.25, 0.3) is 5.56 Å². The molecule has 4 rings (SSSR count). The van der Waals surface area contributed by atoms with E-state index in [4.69, 9.17) is 4.74 Å². The first-order valence-corrected chi connectivity index (χ1v) is 10.6. The van der Waals surface area contributed by atoms with Crippen molar-refractivity contribution in [1.82, 2.24) is 19.4 Å². The summed E-state index contributed by atoms with van der Waals surface area (Å²) in [6.45, 7) is 2.11. The molecule has 0 fully saturated rings. The molecule has 8 nitrogen and oxygen atoms in total. The highest BCUT2D eigenvalue weighted by Gasteiger charge is 2.25. The summed E-state index contributed by atoms with van der Waals surface area (Å²) < 4.78 is 7.74. The summed E-state index contributed by atoms with van der Waals surface area (Å²) in [7, 11) is 1.51. The highest BCUT2D eigenvalue weighted by molar-refractivity contribution is 5.84. The van der Waals surface area contributed by atoms with Gasteiger partial charge in [-0.1, -0.05) is 31.2 Å². The Morgan fingerprint density at radius 3 is 2.64 bits per heavy atom. The molecule has 4 aromatic rings. The van der Waals surface area contributed by atoms with E-state index in [9.17, 15) is 14.4 Å². The van der Waals surface area contributed by atoms with Crippen molar-refractivity contribution in [3.63, 3.8) is 0 Å². The number of carbonyl (C=O) groups excluding carboxylic acids is 1. The minimum absolute atomic E-state index is 0.283. The maximum absolute atomic E-state index is 13.7. The molecular weight excluding hydrogens is 420 g/mol. The number of aromatic nitrogens is 3. The molecule has 0 aliphatic carbocycles. The molecule has 8 heteroatoms. The first kappa shape index (κ1) is 22.0. The van der Waals surface area contributed by atoms with Gasteiger partial charge in [-0.3, -0.25) is 19.1 Å². The van der Waals surface area contributed by atoms with Gasteiger partial charge < -0.3 is 10.1 Å². The van der Waals surface area contributed by atoms with Crippen LogP contribution in [0, 0.1) is 0 Å². The van der Waals surface area contributed by atoms with E-state index >= 15 is 0 Å². The van der Waals surface area contributed by atoms with E-state index in [0.717, 1.165) is 10.1 Å². The number of nitrogens with zero attached hydrogens (tertiary/aromatic N) is 3. The van der Waals surface area contributed by atoms with Gasteiger partial charge in [-0.25, -0.2) is 9.36 Å². The number of rotatable bonds is 7. The van der Waals surface area contributed by atoms with Crippen LogP contribution in [0.25, 0.3) is 16.6 Å². The smallest absolute Gasteiger partial charge is 0.336 e. The van der Waals surface area contributed by atoms with Crippen LogP contribution in [0.5, 0.6) is 5.75 Å². The third-order valence-electron chi connectivity index (χ3n) is 5.50. The second-order valence-corrected chi connectivity index (χ2v) is 7.51. The zero-order chi connectivity index (χ0) is 23.4. The molecule has 33 heavy (non-hydrogen) atoms. The van der Waals surface area contributed by atoms with Gasteiger partial charge in [0, 0.05) is 25.0 Å². The van der Waals surface area contributed by atoms with E-state index in [-0.39, 0.29) is 12.5 Å². The van der Waals surface area contributed by atoms with Crippen LogP contribution in [0.15, 0.2) is 82.6 Å². The average Bonchev–Trinajstić information content (AvgIpc) is 2.86. The van der Waals surface area contributed by atoms with E-state index in [1.807, 2.05) is 13.0 Å². The number of para-hydroxylation sites is 1. The molecule has 0 aliphatic heterocycles. The highest BCUT2D eigenvalue weighted by Crippen LogP contribution is 2.19. The molecule has 2 heterocycles. The fourth-order valence-electron chi connectivity index (χ4n) is 3.86. The molecule has 0 aliphatic rings. The lowest BCUT2D eigenvalue weighted by Gasteiger charge is -2.21. The number of hydrogen-bond acceptors (Lipinski definition) is 5. The zero-order valence-electron chi connectivity index (χ0n) is 18.4. The van der Waals surface area contributed by atoms with Crippen molar-refractivity contribution in [2.75, 3.05) is 7.11 Å². The van der Waals surface area contributed by atoms with Crippen LogP contribution >= 0.6 is 0 Å². The molecule has 0 bridgehead atoms. The first-order valence-electron chi connectivity index (χ1n) is 10.6. The second kappa shape index (κ2) is 9.52. The minimum Gasteiger partial charge on any atom is -0.497 e. The lowest BCUT2D eigenvalue weighted by molar-refractivity contribution is -0.124. The predicted octanol–water partition coefficient (Wildman–Crippen LogP) is 2.82. The molecule has 1 unspecified atom stereocenters. The van der Waals surface area contributed by atoms with E-state index in [0.29, 0.717) is 28.8 Å². The third kappa shape index (κ3) is 4.27. The number of amides is 1. The maximum Gasteiger partial charge on any atom is 0.336 e. The van der Waals surface area contributed by atoms with Crippen molar-refractivity contribution in [3.8, 4) is 11.4 Å². The van der Waals surface area contributed by atoms with E-state index in [1.165, 1.54) is 11.7 Å². The van der Waals surface area contributed by atoms with Crippen LogP contribution < -0.4 is 21.3 Å². The maximum atomic E-state index is 13.7. The Kier molecular flexibility index (Phi) is 6.35. The molecule has 1 atom stereocenters. The fraction of sp³-hybridized carbons (Fsp3) is 0.200. The zero-order valence-corrected chi connectivity index (χ0v) is 18.4. The molecule has 2 aromatic carbocycles. The van der Waals surface area contributed by atoms with Gasteiger partial charge in [0.1, 0.15) is 11.8 Å². The van der Waals surface area contributed by atoms with Crippen LogP contribution in [0.2, 0.25) is 0 Å². The minimum atomic E-state index is -0.809. The van der Waals surface area contributed by atoms with Crippen LogP contribution in [-0.2, 0) is 11.3 Å². The molecule has 1 amide bonds. The number of pyridine rings is 1. The van der Waals surface area contributed by atoms with Crippen LogP contribution in [0.3, 0.4) is 0 Å². The standard InChI is InChI=1S/C25H24N4O4/c1-3-21(23(30)27-16-17-8-7-13-26-15-17)29-22-12-5-4-11-20(22)24(31)28(25(29)32)18-9-6-10-19(14-18)33-2/h4-15,21H,3,16H2,1-2H3,(H,27,30). The van der Waals surface area contributed by atoms with Gasteiger partial charge >= 0.3 is 5.69 Å². The third-order valence-corrected chi connectivity index (χ3v) is 5.50. The number of fused-ring (bicyclic) bond motifs is 1. The normalized spacial score (nSPS) is 11.8. The molecule has 168 valence electrons. The number of nitrogens with one attached hydrogen (secondary N) is 1. The molecule has 0 saturated carbocycles. The largest absolute Gasteiger partial charge is 0.497 e. The Labute approximate surface area is 190 Å². The van der Waals surface area contributed by atoms with E-state index < -0.39 is 17.3 Å². The highest BCUT2D eigenvalue weighted by atomic mass is 16.5. The predicted molar refractivity (Wildman–Crippen MR) is 126 cm³/mol. The number of methoxy groups -OCH3 is 1. The van der Waals surface area contributed by atoms with E-state index in [2.05, 4.69) is 10.3 Å². The summed E-state index contributed by atoms with van der Waals surface area (Å²) >= 11 is 0. The average molecular weight is 444 g/mol. The summed E-state index contributed by atoms with van der Waals surface area (Å²) in [5, 5.41) is 3.23. The quantitative estimate of drug-likeness (QED) is 0.473. The lowest BCUT2D eigenvalue weighted by Crippen LogP contribution is -2.44. The van der Waals surface area contributed by atoms with Crippen molar-refractivity contribution in [2.24, 2.45) is 0 Å². The van der Waals surface area contributed by atoms with Crippen LogP contribution in [0.1, 0.15) is 24.9 Å². The monoisotopic (exact) mass is 444 g/mol. The van der Waals surface area contributed by atoms with Gasteiger partial charge in [0.05, 0.1) is 23.7 Å². The van der Waals surface area contributed by atoms with Gasteiger partial charge in [-0.2, -0.15) is 0 Å². The molecule has 0 saturated heterocycles. The Bertz CT molecular complexity index is 1410. The van der Waals surface area contributed by atoms with Crippen molar-refractivity contribution < 1.29 is 9.53 Å². The van der Waals surface area contributed by atoms with E-state index in [1.54, 1.807) is 67.0 Å². The SMILES string of the molecule is CCC(C(=O)NCc1cccnc1)n1c(=O)n(-c2cccc(OC)c2)c(=O)c2ccccc21. The summed E-state index contributed by atoms with van der Waals surface area (Å²) in [5.41, 5.74) is 0.588. The fourth-order valence-corrected chi connectivity index (χ4v) is 3.86. The van der Waals surface area contributed by atoms with Crippen molar-refractivity contribution in [2.45, 2.75) is 25.9 Å². The number of hydrogen-bond donors (Lipinski definition) is 1. The van der Waals surface area contributed by atoms with Crippen molar-refractivity contribution in [1.29, 1.82) is 0 Å². The Hall–Kier alpha value is -4.20.